The van der Waals surface area contributed by atoms with Crippen molar-refractivity contribution in [1.82, 2.24) is 14.9 Å². The van der Waals surface area contributed by atoms with E-state index in [0.717, 1.165) is 43.2 Å². The van der Waals surface area contributed by atoms with Crippen molar-refractivity contribution in [3.63, 3.8) is 0 Å². The Hall–Kier alpha value is -2.34. The van der Waals surface area contributed by atoms with Crippen LogP contribution in [0.3, 0.4) is 0 Å². The Kier molecular flexibility index (Phi) is 4.92. The summed E-state index contributed by atoms with van der Waals surface area (Å²) in [4.78, 5) is 22.0. The van der Waals surface area contributed by atoms with E-state index in [0.29, 0.717) is 12.5 Å². The van der Waals surface area contributed by atoms with E-state index in [-0.39, 0.29) is 5.91 Å². The van der Waals surface area contributed by atoms with Gasteiger partial charge in [0.25, 0.3) is 0 Å². The zero-order valence-corrected chi connectivity index (χ0v) is 13.3. The molecule has 1 atom stereocenters. The molecule has 1 aromatic carbocycles. The summed E-state index contributed by atoms with van der Waals surface area (Å²) < 4.78 is 5.11. The second-order valence-corrected chi connectivity index (χ2v) is 5.70. The Morgan fingerprint density at radius 1 is 1.43 bits per heavy atom. The zero-order chi connectivity index (χ0) is 16.1. The first-order valence-electron chi connectivity index (χ1n) is 7.93. The van der Waals surface area contributed by atoms with Crippen molar-refractivity contribution < 1.29 is 9.53 Å². The highest BCUT2D eigenvalue weighted by Gasteiger charge is 2.27. The lowest BCUT2D eigenvalue weighted by Crippen LogP contribution is -2.28. The van der Waals surface area contributed by atoms with Gasteiger partial charge in [-0.25, -0.2) is 4.98 Å². The summed E-state index contributed by atoms with van der Waals surface area (Å²) in [7, 11) is 1.62. The fraction of sp³-hybridized carbons (Fsp3) is 0.412. The maximum atomic E-state index is 12.1. The molecule has 0 aliphatic carbocycles. The third-order valence-corrected chi connectivity index (χ3v) is 4.20. The fourth-order valence-corrected chi connectivity index (χ4v) is 3.01. The number of rotatable bonds is 6. The van der Waals surface area contributed by atoms with Crippen molar-refractivity contribution in [1.29, 1.82) is 0 Å². The molecule has 1 amide bonds. The van der Waals surface area contributed by atoms with Crippen LogP contribution in [0.4, 0.5) is 5.69 Å². The molecular formula is C17H22N4O2. The van der Waals surface area contributed by atoms with Gasteiger partial charge in [-0.05, 0) is 43.7 Å². The van der Waals surface area contributed by atoms with Crippen molar-refractivity contribution in [2.45, 2.75) is 25.3 Å². The van der Waals surface area contributed by atoms with Crippen molar-refractivity contribution in [3.8, 4) is 5.75 Å². The van der Waals surface area contributed by atoms with Gasteiger partial charge in [0.1, 0.15) is 11.6 Å². The molecule has 2 heterocycles. The number of aromatic amines is 1. The summed E-state index contributed by atoms with van der Waals surface area (Å²) in [6.45, 7) is 1.76. The number of imidazole rings is 1. The smallest absolute Gasteiger partial charge is 0.225 e. The molecule has 0 spiro atoms. The third kappa shape index (κ3) is 3.90. The second-order valence-electron chi connectivity index (χ2n) is 5.70. The van der Waals surface area contributed by atoms with Gasteiger partial charge in [-0.15, -0.1) is 0 Å². The largest absolute Gasteiger partial charge is 0.497 e. The molecule has 1 aliphatic rings. The number of benzene rings is 1. The predicted molar refractivity (Wildman–Crippen MR) is 88.4 cm³/mol. The molecule has 3 rings (SSSR count). The summed E-state index contributed by atoms with van der Waals surface area (Å²) in [6, 6.07) is 7.67. The lowest BCUT2D eigenvalue weighted by atomic mass is 10.2. The van der Waals surface area contributed by atoms with Crippen LogP contribution in [-0.2, 0) is 4.79 Å². The van der Waals surface area contributed by atoms with E-state index in [2.05, 4.69) is 20.2 Å². The van der Waals surface area contributed by atoms with Crippen LogP contribution in [0, 0.1) is 0 Å². The Morgan fingerprint density at radius 2 is 2.26 bits per heavy atom. The zero-order valence-electron chi connectivity index (χ0n) is 13.3. The standard InChI is InChI=1S/C17H22N4O2/c1-23-14-6-4-13(5-7-14)20-16(22)8-12-21-11-2-3-15(21)17-18-9-10-19-17/h4-7,9-10,15H,2-3,8,11-12H2,1H3,(H,18,19)(H,20,22). The Labute approximate surface area is 135 Å². The van der Waals surface area contributed by atoms with Crippen LogP contribution in [0.5, 0.6) is 5.75 Å². The van der Waals surface area contributed by atoms with Gasteiger partial charge in [0.15, 0.2) is 0 Å². The Balaban J connectivity index is 1.50. The number of H-pyrrole nitrogens is 1. The van der Waals surface area contributed by atoms with E-state index >= 15 is 0 Å². The number of hydrogen-bond acceptors (Lipinski definition) is 4. The van der Waals surface area contributed by atoms with Crippen LogP contribution in [0.1, 0.15) is 31.1 Å². The van der Waals surface area contributed by atoms with Crippen LogP contribution >= 0.6 is 0 Å². The highest BCUT2D eigenvalue weighted by Crippen LogP contribution is 2.29. The molecule has 0 bridgehead atoms. The SMILES string of the molecule is COc1ccc(NC(=O)CCN2CCCC2c2ncc[nH]2)cc1. The topological polar surface area (TPSA) is 70.2 Å². The summed E-state index contributed by atoms with van der Waals surface area (Å²) >= 11 is 0. The number of aromatic nitrogens is 2. The molecule has 1 aromatic heterocycles. The Morgan fingerprint density at radius 3 is 2.96 bits per heavy atom. The molecule has 1 fully saturated rings. The quantitative estimate of drug-likeness (QED) is 0.860. The highest BCUT2D eigenvalue weighted by atomic mass is 16.5. The predicted octanol–water partition coefficient (Wildman–Crippen LogP) is 2.58. The highest BCUT2D eigenvalue weighted by molar-refractivity contribution is 5.90. The number of hydrogen-bond donors (Lipinski definition) is 2. The number of likely N-dealkylation sites (tertiary alicyclic amines) is 1. The van der Waals surface area contributed by atoms with E-state index in [1.165, 1.54) is 0 Å². The number of ether oxygens (including phenoxy) is 1. The van der Waals surface area contributed by atoms with Crippen LogP contribution < -0.4 is 10.1 Å². The normalized spacial score (nSPS) is 18.0. The number of methoxy groups -OCH3 is 1. The molecule has 2 N–H and O–H groups in total. The molecule has 0 radical (unpaired) electrons. The van der Waals surface area contributed by atoms with E-state index in [9.17, 15) is 4.79 Å². The van der Waals surface area contributed by atoms with Gasteiger partial charge in [0.2, 0.25) is 5.91 Å². The minimum Gasteiger partial charge on any atom is -0.497 e. The Bertz CT molecular complexity index is 625. The third-order valence-electron chi connectivity index (χ3n) is 4.20. The van der Waals surface area contributed by atoms with Gasteiger partial charge in [0, 0.05) is 31.0 Å². The number of anilines is 1. The number of carbonyl (C=O) groups is 1. The van der Waals surface area contributed by atoms with Crippen LogP contribution in [-0.4, -0.2) is 41.0 Å². The van der Waals surface area contributed by atoms with Gasteiger partial charge in [-0.1, -0.05) is 0 Å². The number of carbonyl (C=O) groups excluding carboxylic acids is 1. The number of nitrogens with zero attached hydrogens (tertiary/aromatic N) is 2. The molecule has 6 heteroatoms. The average Bonchev–Trinajstić information content (AvgIpc) is 3.24. The first-order chi connectivity index (χ1) is 11.3. The molecular weight excluding hydrogens is 292 g/mol. The number of amides is 1. The summed E-state index contributed by atoms with van der Waals surface area (Å²) in [5.74, 6) is 1.81. The maximum Gasteiger partial charge on any atom is 0.225 e. The van der Waals surface area contributed by atoms with Crippen LogP contribution in [0.25, 0.3) is 0 Å². The second kappa shape index (κ2) is 7.28. The van der Waals surface area contributed by atoms with Crippen LogP contribution in [0.2, 0.25) is 0 Å². The van der Waals surface area contributed by atoms with Gasteiger partial charge in [0.05, 0.1) is 13.2 Å². The molecule has 6 nitrogen and oxygen atoms in total. The first kappa shape index (κ1) is 15.6. The minimum atomic E-state index is 0.0280. The van der Waals surface area contributed by atoms with E-state index in [1.54, 1.807) is 13.3 Å². The van der Waals surface area contributed by atoms with E-state index in [4.69, 9.17) is 4.74 Å². The summed E-state index contributed by atoms with van der Waals surface area (Å²) in [5, 5.41) is 2.92. The molecule has 1 saturated heterocycles. The van der Waals surface area contributed by atoms with Crippen LogP contribution in [0.15, 0.2) is 36.7 Å². The van der Waals surface area contributed by atoms with E-state index in [1.807, 2.05) is 30.5 Å². The monoisotopic (exact) mass is 314 g/mol. The molecule has 122 valence electrons. The molecule has 23 heavy (non-hydrogen) atoms. The van der Waals surface area contributed by atoms with Crippen molar-refractivity contribution in [2.24, 2.45) is 0 Å². The van der Waals surface area contributed by atoms with Gasteiger partial charge >= 0.3 is 0 Å². The molecule has 1 unspecified atom stereocenters. The lowest BCUT2D eigenvalue weighted by Gasteiger charge is -2.22. The molecule has 2 aromatic rings. The van der Waals surface area contributed by atoms with Crippen molar-refractivity contribution in [3.05, 3.63) is 42.5 Å². The summed E-state index contributed by atoms with van der Waals surface area (Å²) in [6.07, 6.45) is 6.34. The fourth-order valence-electron chi connectivity index (χ4n) is 3.01. The molecule has 1 aliphatic heterocycles. The van der Waals surface area contributed by atoms with Crippen molar-refractivity contribution >= 4 is 11.6 Å². The molecule has 0 saturated carbocycles. The minimum absolute atomic E-state index is 0.0280. The van der Waals surface area contributed by atoms with Gasteiger partial charge in [-0.3, -0.25) is 9.69 Å². The average molecular weight is 314 g/mol. The maximum absolute atomic E-state index is 12.1. The van der Waals surface area contributed by atoms with E-state index < -0.39 is 0 Å². The summed E-state index contributed by atoms with van der Waals surface area (Å²) in [5.41, 5.74) is 0.791. The van der Waals surface area contributed by atoms with Crippen molar-refractivity contribution in [2.75, 3.05) is 25.5 Å². The first-order valence-corrected chi connectivity index (χ1v) is 7.93. The van der Waals surface area contributed by atoms with Gasteiger partial charge < -0.3 is 15.0 Å². The lowest BCUT2D eigenvalue weighted by molar-refractivity contribution is -0.116. The number of nitrogens with one attached hydrogen (secondary N) is 2. The van der Waals surface area contributed by atoms with Gasteiger partial charge in [-0.2, -0.15) is 0 Å².